The molecule has 1 saturated heterocycles. The molecule has 2 N–H and O–H groups in total. The summed E-state index contributed by atoms with van der Waals surface area (Å²) in [5.74, 6) is 0.623. The van der Waals surface area contributed by atoms with Gasteiger partial charge in [-0.2, -0.15) is 0 Å². The number of aryl methyl sites for hydroxylation is 1. The van der Waals surface area contributed by atoms with Crippen LogP contribution in [0.2, 0.25) is 0 Å². The molecule has 0 aliphatic carbocycles. The van der Waals surface area contributed by atoms with E-state index in [0.717, 1.165) is 37.2 Å². The molecule has 1 amide bonds. The summed E-state index contributed by atoms with van der Waals surface area (Å²) in [5, 5.41) is 6.21. The number of halogens is 2. The highest BCUT2D eigenvalue weighted by atomic mass is 35.5. The Bertz CT molecular complexity index is 395. The van der Waals surface area contributed by atoms with Crippen LogP contribution in [-0.2, 0) is 4.79 Å². The Morgan fingerprint density at radius 3 is 2.68 bits per heavy atom. The zero-order valence-corrected chi connectivity index (χ0v) is 12.6. The van der Waals surface area contributed by atoms with E-state index in [2.05, 4.69) is 15.6 Å². The number of amides is 1. The Morgan fingerprint density at radius 2 is 2.05 bits per heavy atom. The lowest BCUT2D eigenvalue weighted by Gasteiger charge is -2.21. The number of rotatable bonds is 3. The largest absolute Gasteiger partial charge is 0.325 e. The minimum Gasteiger partial charge on any atom is -0.325 e. The third-order valence-corrected chi connectivity index (χ3v) is 3.09. The quantitative estimate of drug-likeness (QED) is 0.902. The fourth-order valence-corrected chi connectivity index (χ4v) is 2.18. The fourth-order valence-electron chi connectivity index (χ4n) is 2.18. The van der Waals surface area contributed by atoms with Gasteiger partial charge in [-0.15, -0.1) is 24.8 Å². The van der Waals surface area contributed by atoms with E-state index in [9.17, 15) is 4.79 Å². The number of nitrogens with zero attached hydrogens (tertiary/aromatic N) is 1. The van der Waals surface area contributed by atoms with Crippen molar-refractivity contribution in [2.75, 3.05) is 18.4 Å². The van der Waals surface area contributed by atoms with Gasteiger partial charge in [0.25, 0.3) is 0 Å². The summed E-state index contributed by atoms with van der Waals surface area (Å²) in [4.78, 5) is 15.9. The molecule has 0 atom stereocenters. The molecule has 0 radical (unpaired) electrons. The van der Waals surface area contributed by atoms with Gasteiger partial charge in [-0.1, -0.05) is 0 Å². The van der Waals surface area contributed by atoms with Gasteiger partial charge in [0.2, 0.25) is 5.91 Å². The number of pyridine rings is 1. The minimum absolute atomic E-state index is 0. The second-order valence-corrected chi connectivity index (χ2v) is 4.70. The molecule has 1 aromatic rings. The molecular weight excluding hydrogens is 285 g/mol. The van der Waals surface area contributed by atoms with Gasteiger partial charge >= 0.3 is 0 Å². The summed E-state index contributed by atoms with van der Waals surface area (Å²) in [6, 6.07) is 1.94. The van der Waals surface area contributed by atoms with Gasteiger partial charge in [0, 0.05) is 12.6 Å². The smallest absolute Gasteiger partial charge is 0.224 e. The molecule has 108 valence electrons. The first-order valence-electron chi connectivity index (χ1n) is 6.16. The van der Waals surface area contributed by atoms with Gasteiger partial charge in [0.05, 0.1) is 11.9 Å². The maximum Gasteiger partial charge on any atom is 0.224 e. The number of anilines is 1. The van der Waals surface area contributed by atoms with Crippen LogP contribution in [0.5, 0.6) is 0 Å². The number of carbonyl (C=O) groups is 1. The van der Waals surface area contributed by atoms with Gasteiger partial charge in [-0.3, -0.25) is 9.78 Å². The van der Waals surface area contributed by atoms with Gasteiger partial charge in [0.15, 0.2) is 0 Å². The molecular formula is C13H21Cl2N3O. The van der Waals surface area contributed by atoms with E-state index in [1.165, 1.54) is 0 Å². The third-order valence-electron chi connectivity index (χ3n) is 3.09. The first-order valence-corrected chi connectivity index (χ1v) is 6.16. The predicted octanol–water partition coefficient (Wildman–Crippen LogP) is 2.56. The van der Waals surface area contributed by atoms with Crippen LogP contribution in [0.25, 0.3) is 0 Å². The topological polar surface area (TPSA) is 54.0 Å². The third kappa shape index (κ3) is 6.23. The molecule has 19 heavy (non-hydrogen) atoms. The molecule has 0 bridgehead atoms. The van der Waals surface area contributed by atoms with Crippen molar-refractivity contribution in [1.82, 2.24) is 10.3 Å². The second kappa shape index (κ2) is 9.13. The molecule has 0 unspecified atom stereocenters. The van der Waals surface area contributed by atoms with Crippen LogP contribution in [0.3, 0.4) is 0 Å². The average Bonchev–Trinajstić information content (AvgIpc) is 2.30. The van der Waals surface area contributed by atoms with Crippen molar-refractivity contribution in [3.05, 3.63) is 24.0 Å². The molecule has 0 saturated carbocycles. The summed E-state index contributed by atoms with van der Waals surface area (Å²) >= 11 is 0. The first-order chi connectivity index (χ1) is 8.24. The second-order valence-electron chi connectivity index (χ2n) is 4.70. The SMILES string of the molecule is Cc1cncc(NC(=O)CC2CCNCC2)c1.Cl.Cl. The van der Waals surface area contributed by atoms with Crippen molar-refractivity contribution in [3.63, 3.8) is 0 Å². The molecule has 2 rings (SSSR count). The Balaban J connectivity index is 0.00000162. The number of carbonyl (C=O) groups excluding carboxylic acids is 1. The lowest BCUT2D eigenvalue weighted by atomic mass is 9.94. The molecule has 0 spiro atoms. The molecule has 2 heterocycles. The summed E-state index contributed by atoms with van der Waals surface area (Å²) < 4.78 is 0. The summed E-state index contributed by atoms with van der Waals surface area (Å²) in [7, 11) is 0. The van der Waals surface area contributed by atoms with E-state index < -0.39 is 0 Å². The predicted molar refractivity (Wildman–Crippen MR) is 82.3 cm³/mol. The first kappa shape index (κ1) is 18.2. The van der Waals surface area contributed by atoms with Crippen LogP contribution >= 0.6 is 24.8 Å². The molecule has 1 fully saturated rings. The number of nitrogens with one attached hydrogen (secondary N) is 2. The van der Waals surface area contributed by atoms with Gasteiger partial charge in [-0.05, 0) is 50.4 Å². The van der Waals surface area contributed by atoms with Crippen LogP contribution in [-0.4, -0.2) is 24.0 Å². The van der Waals surface area contributed by atoms with Crippen LogP contribution < -0.4 is 10.6 Å². The van der Waals surface area contributed by atoms with Crippen molar-refractivity contribution in [2.24, 2.45) is 5.92 Å². The van der Waals surface area contributed by atoms with Crippen LogP contribution in [0.4, 0.5) is 5.69 Å². The highest BCUT2D eigenvalue weighted by Gasteiger charge is 2.16. The Hall–Kier alpha value is -0.840. The summed E-state index contributed by atoms with van der Waals surface area (Å²) in [5.41, 5.74) is 1.86. The molecule has 1 aliphatic heterocycles. The highest BCUT2D eigenvalue weighted by Crippen LogP contribution is 2.17. The van der Waals surface area contributed by atoms with Gasteiger partial charge in [-0.25, -0.2) is 0 Å². The van der Waals surface area contributed by atoms with Gasteiger partial charge in [0.1, 0.15) is 0 Å². The zero-order chi connectivity index (χ0) is 12.1. The lowest BCUT2D eigenvalue weighted by molar-refractivity contribution is -0.117. The number of piperidine rings is 1. The Morgan fingerprint density at radius 1 is 1.37 bits per heavy atom. The number of hydrogen-bond donors (Lipinski definition) is 2. The van der Waals surface area contributed by atoms with E-state index in [1.807, 2.05) is 13.0 Å². The van der Waals surface area contributed by atoms with Crippen molar-refractivity contribution < 1.29 is 4.79 Å². The molecule has 1 aromatic heterocycles. The Kier molecular flexibility index (Phi) is 8.72. The molecule has 0 aromatic carbocycles. The van der Waals surface area contributed by atoms with E-state index >= 15 is 0 Å². The summed E-state index contributed by atoms with van der Waals surface area (Å²) in [6.45, 7) is 4.03. The maximum absolute atomic E-state index is 11.8. The highest BCUT2D eigenvalue weighted by molar-refractivity contribution is 5.90. The van der Waals surface area contributed by atoms with Crippen LogP contribution in [0.15, 0.2) is 18.5 Å². The van der Waals surface area contributed by atoms with Crippen molar-refractivity contribution in [3.8, 4) is 0 Å². The number of aromatic nitrogens is 1. The zero-order valence-electron chi connectivity index (χ0n) is 11.0. The normalized spacial score (nSPS) is 15.0. The lowest BCUT2D eigenvalue weighted by Crippen LogP contribution is -2.30. The van der Waals surface area contributed by atoms with Crippen molar-refractivity contribution >= 4 is 36.4 Å². The summed E-state index contributed by atoms with van der Waals surface area (Å²) in [6.07, 6.45) is 6.28. The molecule has 6 heteroatoms. The maximum atomic E-state index is 11.8. The van der Waals surface area contributed by atoms with Crippen LogP contribution in [0.1, 0.15) is 24.8 Å². The standard InChI is InChI=1S/C13H19N3O.2ClH/c1-10-6-12(9-15-8-10)16-13(17)7-11-2-4-14-5-3-11;;/h6,8-9,11,14H,2-5,7H2,1H3,(H,16,17);2*1H. The number of hydrogen-bond acceptors (Lipinski definition) is 3. The van der Waals surface area contributed by atoms with E-state index in [1.54, 1.807) is 12.4 Å². The van der Waals surface area contributed by atoms with Gasteiger partial charge < -0.3 is 10.6 Å². The monoisotopic (exact) mass is 305 g/mol. The Labute approximate surface area is 126 Å². The van der Waals surface area contributed by atoms with Crippen molar-refractivity contribution in [1.29, 1.82) is 0 Å². The van der Waals surface area contributed by atoms with E-state index in [4.69, 9.17) is 0 Å². The van der Waals surface area contributed by atoms with Crippen molar-refractivity contribution in [2.45, 2.75) is 26.2 Å². The average molecular weight is 306 g/mol. The molecule has 4 nitrogen and oxygen atoms in total. The molecule has 1 aliphatic rings. The fraction of sp³-hybridized carbons (Fsp3) is 0.538. The minimum atomic E-state index is 0. The van der Waals surface area contributed by atoms with E-state index in [0.29, 0.717) is 12.3 Å². The van der Waals surface area contributed by atoms with Crippen LogP contribution in [0, 0.1) is 12.8 Å². The van der Waals surface area contributed by atoms with E-state index in [-0.39, 0.29) is 30.7 Å².